The lowest BCUT2D eigenvalue weighted by Gasteiger charge is -2.11. The van der Waals surface area contributed by atoms with Crippen LogP contribution in [0.2, 0.25) is 0 Å². The average molecular weight is 429 g/mol. The van der Waals surface area contributed by atoms with E-state index in [1.807, 2.05) is 30.5 Å². The third-order valence-corrected chi connectivity index (χ3v) is 5.60. The number of hydrogen-bond acceptors (Lipinski definition) is 5. The van der Waals surface area contributed by atoms with E-state index in [4.69, 9.17) is 9.15 Å². The lowest BCUT2D eigenvalue weighted by molar-refractivity contribution is 0.104. The molecule has 0 amide bonds. The molecule has 4 rings (SSSR count). The molecule has 3 aromatic carbocycles. The molecule has 154 valence electrons. The van der Waals surface area contributed by atoms with Crippen molar-refractivity contribution in [1.29, 1.82) is 0 Å². The summed E-state index contributed by atoms with van der Waals surface area (Å²) in [5.41, 5.74) is 1.58. The monoisotopic (exact) mass is 428 g/mol. The van der Waals surface area contributed by atoms with E-state index >= 15 is 0 Å². The van der Waals surface area contributed by atoms with Gasteiger partial charge in [-0.25, -0.2) is 0 Å². The molecule has 0 atom stereocenters. The van der Waals surface area contributed by atoms with Gasteiger partial charge in [0.1, 0.15) is 23.5 Å². The van der Waals surface area contributed by atoms with E-state index in [0.29, 0.717) is 22.1 Å². The summed E-state index contributed by atoms with van der Waals surface area (Å²) in [4.78, 5) is 27.4. The molecule has 0 saturated carbocycles. The number of hydrogen-bond donors (Lipinski definition) is 0. The standard InChI is InChI=1S/C26H20O4S/c1-3-16-29-23-15-13-20-25(28)19-6-4-5-7-22(19)30-26(20)24(23)21(27)14-10-17-8-11-18(31-2)12-9-17/h3-15H,1,16H2,2H3/b14-10+. The highest BCUT2D eigenvalue weighted by Crippen LogP contribution is 2.30. The van der Waals surface area contributed by atoms with Gasteiger partial charge in [0.15, 0.2) is 11.4 Å². The van der Waals surface area contributed by atoms with Crippen LogP contribution in [-0.4, -0.2) is 18.6 Å². The maximum atomic E-state index is 13.2. The molecule has 31 heavy (non-hydrogen) atoms. The summed E-state index contributed by atoms with van der Waals surface area (Å²) in [6.45, 7) is 3.88. The first-order chi connectivity index (χ1) is 15.1. The van der Waals surface area contributed by atoms with Crippen LogP contribution in [0.15, 0.2) is 93.5 Å². The molecule has 0 N–H and O–H groups in total. The predicted octanol–water partition coefficient (Wildman–Crippen LogP) is 6.13. The van der Waals surface area contributed by atoms with Gasteiger partial charge in [-0.15, -0.1) is 11.8 Å². The minimum Gasteiger partial charge on any atom is -0.489 e. The normalized spacial score (nSPS) is 11.3. The zero-order chi connectivity index (χ0) is 21.8. The molecule has 4 aromatic rings. The Morgan fingerprint density at radius 2 is 1.84 bits per heavy atom. The summed E-state index contributed by atoms with van der Waals surface area (Å²) < 4.78 is 11.7. The van der Waals surface area contributed by atoms with Gasteiger partial charge in [0.05, 0.1) is 10.8 Å². The zero-order valence-electron chi connectivity index (χ0n) is 17.0. The molecule has 1 aromatic heterocycles. The molecule has 4 nitrogen and oxygen atoms in total. The number of carbonyl (C=O) groups is 1. The predicted molar refractivity (Wildman–Crippen MR) is 127 cm³/mol. The van der Waals surface area contributed by atoms with Crippen molar-refractivity contribution in [3.63, 3.8) is 0 Å². The Morgan fingerprint density at radius 3 is 2.58 bits per heavy atom. The number of carbonyl (C=O) groups excluding carboxylic acids is 1. The average Bonchev–Trinajstić information content (AvgIpc) is 2.81. The highest BCUT2D eigenvalue weighted by atomic mass is 32.2. The Bertz CT molecular complexity index is 1360. The largest absolute Gasteiger partial charge is 0.489 e. The van der Waals surface area contributed by atoms with Crippen LogP contribution in [0.5, 0.6) is 5.75 Å². The second-order valence-corrected chi connectivity index (χ2v) is 7.69. The van der Waals surface area contributed by atoms with Gasteiger partial charge in [-0.2, -0.15) is 0 Å². The summed E-state index contributed by atoms with van der Waals surface area (Å²) in [5, 5.41) is 0.809. The summed E-state index contributed by atoms with van der Waals surface area (Å²) in [5.74, 6) is 0.0373. The first-order valence-corrected chi connectivity index (χ1v) is 10.9. The number of rotatable bonds is 7. The fraction of sp³-hybridized carbons (Fsp3) is 0.0769. The van der Waals surface area contributed by atoms with Crippen molar-refractivity contribution in [1.82, 2.24) is 0 Å². The van der Waals surface area contributed by atoms with Gasteiger partial charge in [0, 0.05) is 4.90 Å². The van der Waals surface area contributed by atoms with Gasteiger partial charge in [-0.1, -0.05) is 43.0 Å². The molecule has 5 heteroatoms. The van der Waals surface area contributed by atoms with Crippen LogP contribution in [0.3, 0.4) is 0 Å². The molecular weight excluding hydrogens is 408 g/mol. The van der Waals surface area contributed by atoms with Crippen molar-refractivity contribution in [2.75, 3.05) is 12.9 Å². The van der Waals surface area contributed by atoms with E-state index in [1.54, 1.807) is 60.3 Å². The van der Waals surface area contributed by atoms with Crippen molar-refractivity contribution in [3.8, 4) is 5.75 Å². The number of fused-ring (bicyclic) bond motifs is 2. The van der Waals surface area contributed by atoms with Crippen LogP contribution in [0, 0.1) is 0 Å². The molecule has 0 aliphatic heterocycles. The zero-order valence-corrected chi connectivity index (χ0v) is 17.8. The molecule has 0 saturated heterocycles. The Hall–Kier alpha value is -3.57. The Kier molecular flexibility index (Phi) is 6.05. The maximum absolute atomic E-state index is 13.2. The topological polar surface area (TPSA) is 56.5 Å². The van der Waals surface area contributed by atoms with Crippen LogP contribution in [0.25, 0.3) is 28.0 Å². The van der Waals surface area contributed by atoms with Crippen LogP contribution < -0.4 is 10.2 Å². The minimum atomic E-state index is -0.308. The molecule has 0 aliphatic rings. The van der Waals surface area contributed by atoms with Crippen LogP contribution in [0.1, 0.15) is 15.9 Å². The Morgan fingerprint density at radius 1 is 1.06 bits per heavy atom. The third kappa shape index (κ3) is 4.18. The molecule has 0 fully saturated rings. The van der Waals surface area contributed by atoms with E-state index in [9.17, 15) is 9.59 Å². The van der Waals surface area contributed by atoms with Gasteiger partial charge >= 0.3 is 0 Å². The molecule has 1 heterocycles. The van der Waals surface area contributed by atoms with Crippen molar-refractivity contribution in [3.05, 3.63) is 101 Å². The minimum absolute atomic E-state index is 0.183. The lowest BCUT2D eigenvalue weighted by atomic mass is 10.0. The first-order valence-electron chi connectivity index (χ1n) is 9.71. The van der Waals surface area contributed by atoms with Gasteiger partial charge in [-0.05, 0) is 54.3 Å². The lowest BCUT2D eigenvalue weighted by Crippen LogP contribution is -2.08. The first kappa shape index (κ1) is 20.7. The number of para-hydroxylation sites is 1. The summed E-state index contributed by atoms with van der Waals surface area (Å²) >= 11 is 1.65. The van der Waals surface area contributed by atoms with Gasteiger partial charge < -0.3 is 9.15 Å². The van der Waals surface area contributed by atoms with E-state index < -0.39 is 0 Å². The fourth-order valence-corrected chi connectivity index (χ4v) is 3.73. The Balaban J connectivity index is 1.85. The number of allylic oxidation sites excluding steroid dienone is 1. The molecular formula is C26H20O4S. The number of thioether (sulfide) groups is 1. The summed E-state index contributed by atoms with van der Waals surface area (Å²) in [6, 6.07) is 18.1. The third-order valence-electron chi connectivity index (χ3n) is 4.85. The van der Waals surface area contributed by atoms with E-state index in [2.05, 4.69) is 6.58 Å². The molecule has 0 aliphatic carbocycles. The molecule has 0 spiro atoms. The second kappa shape index (κ2) is 9.06. The molecule has 0 bridgehead atoms. The highest BCUT2D eigenvalue weighted by molar-refractivity contribution is 7.98. The van der Waals surface area contributed by atoms with E-state index in [0.717, 1.165) is 10.5 Å². The summed E-state index contributed by atoms with van der Waals surface area (Å²) in [6.07, 6.45) is 6.82. The SMILES string of the molecule is C=CCOc1ccc2c(=O)c3ccccc3oc2c1C(=O)/C=C/c1ccc(SC)cc1. The van der Waals surface area contributed by atoms with E-state index in [-0.39, 0.29) is 29.0 Å². The smallest absolute Gasteiger partial charge is 0.200 e. The van der Waals surface area contributed by atoms with Crippen molar-refractivity contribution >= 4 is 45.6 Å². The van der Waals surface area contributed by atoms with Crippen LogP contribution in [-0.2, 0) is 0 Å². The van der Waals surface area contributed by atoms with Crippen molar-refractivity contribution < 1.29 is 13.9 Å². The van der Waals surface area contributed by atoms with Gasteiger partial charge in [-0.3, -0.25) is 9.59 Å². The fourth-order valence-electron chi connectivity index (χ4n) is 3.32. The van der Waals surface area contributed by atoms with Crippen molar-refractivity contribution in [2.45, 2.75) is 4.90 Å². The Labute approximate surface area is 183 Å². The van der Waals surface area contributed by atoms with Crippen molar-refractivity contribution in [2.24, 2.45) is 0 Å². The van der Waals surface area contributed by atoms with Crippen LogP contribution in [0.4, 0.5) is 0 Å². The maximum Gasteiger partial charge on any atom is 0.200 e. The van der Waals surface area contributed by atoms with Crippen LogP contribution >= 0.6 is 11.8 Å². The van der Waals surface area contributed by atoms with E-state index in [1.165, 1.54) is 6.08 Å². The van der Waals surface area contributed by atoms with Gasteiger partial charge in [0.2, 0.25) is 5.43 Å². The second-order valence-electron chi connectivity index (χ2n) is 6.81. The number of benzene rings is 3. The molecule has 0 unspecified atom stereocenters. The molecule has 0 radical (unpaired) electrons. The quantitative estimate of drug-likeness (QED) is 0.117. The van der Waals surface area contributed by atoms with Gasteiger partial charge in [0.25, 0.3) is 0 Å². The number of ether oxygens (including phenoxy) is 1. The highest BCUT2D eigenvalue weighted by Gasteiger charge is 2.20. The summed E-state index contributed by atoms with van der Waals surface area (Å²) in [7, 11) is 0. The number of ketones is 1.